The standard InChI is InChI=1S/C24H26N4O3/c1-16-20(17(2)31-26-16)13-27-10-11-30-23(14-27)24-22-9-5-8-21(28(22)15-25-24)18-6-4-7-19(12-18)29-3/h4-9,12,15,23H,10-11,13-14H2,1-3H3/t23-/m1/s1. The largest absolute Gasteiger partial charge is 0.497 e. The molecule has 4 aromatic rings. The van der Waals surface area contributed by atoms with Crippen LogP contribution in [-0.4, -0.2) is 46.2 Å². The molecule has 0 bridgehead atoms. The summed E-state index contributed by atoms with van der Waals surface area (Å²) < 4.78 is 19.0. The molecule has 1 fully saturated rings. The van der Waals surface area contributed by atoms with Crippen LogP contribution in [0.2, 0.25) is 0 Å². The lowest BCUT2D eigenvalue weighted by atomic mass is 10.1. The van der Waals surface area contributed by atoms with Crippen LogP contribution in [0.1, 0.15) is 28.8 Å². The summed E-state index contributed by atoms with van der Waals surface area (Å²) in [5.74, 6) is 1.72. The van der Waals surface area contributed by atoms with E-state index in [1.807, 2.05) is 38.4 Å². The Morgan fingerprint density at radius 1 is 1.16 bits per heavy atom. The van der Waals surface area contributed by atoms with Gasteiger partial charge in [-0.05, 0) is 38.1 Å². The maximum atomic E-state index is 6.15. The predicted molar refractivity (Wildman–Crippen MR) is 117 cm³/mol. The van der Waals surface area contributed by atoms with E-state index in [-0.39, 0.29) is 6.10 Å². The molecule has 7 heteroatoms. The smallest absolute Gasteiger partial charge is 0.138 e. The van der Waals surface area contributed by atoms with Crippen LogP contribution in [0, 0.1) is 13.8 Å². The molecule has 7 nitrogen and oxygen atoms in total. The van der Waals surface area contributed by atoms with Gasteiger partial charge in [-0.2, -0.15) is 0 Å². The number of hydrogen-bond donors (Lipinski definition) is 0. The highest BCUT2D eigenvalue weighted by Gasteiger charge is 2.27. The highest BCUT2D eigenvalue weighted by Crippen LogP contribution is 2.30. The molecule has 3 aromatic heterocycles. The van der Waals surface area contributed by atoms with Crippen LogP contribution in [0.25, 0.3) is 16.8 Å². The quantitative estimate of drug-likeness (QED) is 0.484. The van der Waals surface area contributed by atoms with Crippen LogP contribution >= 0.6 is 0 Å². The molecule has 0 amide bonds. The van der Waals surface area contributed by atoms with E-state index in [1.165, 1.54) is 0 Å². The zero-order valence-corrected chi connectivity index (χ0v) is 18.0. The van der Waals surface area contributed by atoms with E-state index >= 15 is 0 Å². The van der Waals surface area contributed by atoms with Crippen molar-refractivity contribution in [3.05, 3.63) is 71.5 Å². The summed E-state index contributed by atoms with van der Waals surface area (Å²) in [6.07, 6.45) is 1.80. The van der Waals surface area contributed by atoms with Crippen molar-refractivity contribution in [1.82, 2.24) is 19.4 Å². The minimum Gasteiger partial charge on any atom is -0.497 e. The summed E-state index contributed by atoms with van der Waals surface area (Å²) in [5.41, 5.74) is 6.29. The molecule has 1 aliphatic rings. The molecule has 0 aliphatic carbocycles. The number of rotatable bonds is 5. The maximum Gasteiger partial charge on any atom is 0.138 e. The van der Waals surface area contributed by atoms with E-state index in [0.29, 0.717) is 6.61 Å². The van der Waals surface area contributed by atoms with E-state index in [4.69, 9.17) is 19.0 Å². The van der Waals surface area contributed by atoms with E-state index in [9.17, 15) is 0 Å². The summed E-state index contributed by atoms with van der Waals surface area (Å²) in [6, 6.07) is 14.3. The van der Waals surface area contributed by atoms with E-state index < -0.39 is 0 Å². The number of methoxy groups -OCH3 is 1. The van der Waals surface area contributed by atoms with E-state index in [1.54, 1.807) is 7.11 Å². The van der Waals surface area contributed by atoms with Crippen molar-refractivity contribution in [1.29, 1.82) is 0 Å². The number of pyridine rings is 1. The third kappa shape index (κ3) is 3.71. The molecular formula is C24H26N4O3. The van der Waals surface area contributed by atoms with Gasteiger partial charge in [-0.1, -0.05) is 23.4 Å². The Kier molecular flexibility index (Phi) is 5.21. The number of imidazole rings is 1. The third-order valence-corrected chi connectivity index (χ3v) is 5.99. The minimum absolute atomic E-state index is 0.0835. The lowest BCUT2D eigenvalue weighted by molar-refractivity contribution is -0.0342. The Morgan fingerprint density at radius 3 is 2.84 bits per heavy atom. The van der Waals surface area contributed by atoms with Gasteiger partial charge in [-0.15, -0.1) is 0 Å². The summed E-state index contributed by atoms with van der Waals surface area (Å²) in [5, 5.41) is 4.08. The molecule has 1 atom stereocenters. The van der Waals surface area contributed by atoms with Crippen LogP contribution in [0.3, 0.4) is 0 Å². The number of benzene rings is 1. The Morgan fingerprint density at radius 2 is 2.03 bits per heavy atom. The molecule has 0 radical (unpaired) electrons. The molecule has 0 N–H and O–H groups in total. The predicted octanol–water partition coefficient (Wildman–Crippen LogP) is 4.19. The Labute approximate surface area is 181 Å². The molecule has 0 saturated carbocycles. The Balaban J connectivity index is 1.44. The first kappa shape index (κ1) is 19.8. The van der Waals surface area contributed by atoms with Crippen molar-refractivity contribution >= 4 is 5.52 Å². The van der Waals surface area contributed by atoms with Crippen molar-refractivity contribution in [2.45, 2.75) is 26.5 Å². The average molecular weight is 418 g/mol. The van der Waals surface area contributed by atoms with Crippen molar-refractivity contribution in [2.75, 3.05) is 26.8 Å². The summed E-state index contributed by atoms with van der Waals surface area (Å²) in [6.45, 7) is 7.09. The van der Waals surface area contributed by atoms with Crippen LogP contribution in [0.15, 0.2) is 53.3 Å². The van der Waals surface area contributed by atoms with Gasteiger partial charge in [0.25, 0.3) is 0 Å². The van der Waals surface area contributed by atoms with Gasteiger partial charge < -0.3 is 14.0 Å². The molecule has 1 saturated heterocycles. The van der Waals surface area contributed by atoms with Gasteiger partial charge in [0.05, 0.1) is 36.3 Å². The lowest BCUT2D eigenvalue weighted by Crippen LogP contribution is -2.38. The summed E-state index contributed by atoms with van der Waals surface area (Å²) in [7, 11) is 1.68. The van der Waals surface area contributed by atoms with Crippen molar-refractivity contribution in [2.24, 2.45) is 0 Å². The van der Waals surface area contributed by atoms with Gasteiger partial charge in [-0.3, -0.25) is 9.30 Å². The zero-order valence-electron chi connectivity index (χ0n) is 18.0. The SMILES string of the molecule is COc1cccc(-c2cccc3c([C@H]4CN(Cc5c(C)noc5C)CCO4)ncn23)c1. The van der Waals surface area contributed by atoms with Crippen molar-refractivity contribution in [3.8, 4) is 17.0 Å². The second-order valence-corrected chi connectivity index (χ2v) is 7.93. The fourth-order valence-electron chi connectivity index (χ4n) is 4.27. The van der Waals surface area contributed by atoms with Crippen LogP contribution in [0.5, 0.6) is 5.75 Å². The van der Waals surface area contributed by atoms with Crippen LogP contribution in [-0.2, 0) is 11.3 Å². The molecular weight excluding hydrogens is 392 g/mol. The first-order chi connectivity index (χ1) is 15.1. The first-order valence-electron chi connectivity index (χ1n) is 10.5. The average Bonchev–Trinajstić information content (AvgIpc) is 3.38. The number of fused-ring (bicyclic) bond motifs is 1. The molecule has 0 spiro atoms. The molecule has 5 rings (SSSR count). The molecule has 160 valence electrons. The van der Waals surface area contributed by atoms with Gasteiger partial charge in [-0.25, -0.2) is 4.98 Å². The van der Waals surface area contributed by atoms with Gasteiger partial charge in [0, 0.05) is 30.8 Å². The van der Waals surface area contributed by atoms with Crippen LogP contribution in [0.4, 0.5) is 0 Å². The minimum atomic E-state index is -0.0835. The zero-order chi connectivity index (χ0) is 21.4. The Bertz CT molecular complexity index is 1190. The molecule has 4 heterocycles. The second kappa shape index (κ2) is 8.17. The normalized spacial score (nSPS) is 17.3. The fraction of sp³-hybridized carbons (Fsp3) is 0.333. The topological polar surface area (TPSA) is 65.0 Å². The molecule has 1 aromatic carbocycles. The number of morpholine rings is 1. The van der Waals surface area contributed by atoms with E-state index in [0.717, 1.165) is 64.9 Å². The third-order valence-electron chi connectivity index (χ3n) is 5.99. The Hall–Kier alpha value is -3.16. The second-order valence-electron chi connectivity index (χ2n) is 7.93. The monoisotopic (exact) mass is 418 g/mol. The van der Waals surface area contributed by atoms with Gasteiger partial charge in [0.2, 0.25) is 0 Å². The van der Waals surface area contributed by atoms with Gasteiger partial charge >= 0.3 is 0 Å². The maximum absolute atomic E-state index is 6.15. The van der Waals surface area contributed by atoms with Crippen LogP contribution < -0.4 is 4.74 Å². The first-order valence-corrected chi connectivity index (χ1v) is 10.5. The number of ether oxygens (including phenoxy) is 2. The molecule has 31 heavy (non-hydrogen) atoms. The molecule has 0 unspecified atom stereocenters. The highest BCUT2D eigenvalue weighted by atomic mass is 16.5. The number of aryl methyl sites for hydroxylation is 2. The fourth-order valence-corrected chi connectivity index (χ4v) is 4.27. The number of hydrogen-bond acceptors (Lipinski definition) is 6. The summed E-state index contributed by atoms with van der Waals surface area (Å²) in [4.78, 5) is 7.15. The summed E-state index contributed by atoms with van der Waals surface area (Å²) >= 11 is 0. The number of nitrogens with zero attached hydrogens (tertiary/aromatic N) is 4. The molecule has 1 aliphatic heterocycles. The van der Waals surface area contributed by atoms with Gasteiger partial charge in [0.15, 0.2) is 0 Å². The number of aromatic nitrogens is 3. The van der Waals surface area contributed by atoms with Crippen molar-refractivity contribution in [3.63, 3.8) is 0 Å². The van der Waals surface area contributed by atoms with E-state index in [2.05, 4.69) is 38.7 Å². The lowest BCUT2D eigenvalue weighted by Gasteiger charge is -2.32. The highest BCUT2D eigenvalue weighted by molar-refractivity contribution is 5.67. The van der Waals surface area contributed by atoms with Crippen molar-refractivity contribution < 1.29 is 14.0 Å². The van der Waals surface area contributed by atoms with Gasteiger partial charge in [0.1, 0.15) is 23.9 Å².